The average molecular weight is 389 g/mol. The van der Waals surface area contributed by atoms with Gasteiger partial charge in [-0.2, -0.15) is 0 Å². The molecule has 29 heavy (non-hydrogen) atoms. The molecular weight excluding hydrogens is 366 g/mol. The monoisotopic (exact) mass is 389 g/mol. The van der Waals surface area contributed by atoms with Gasteiger partial charge in [-0.25, -0.2) is 0 Å². The van der Waals surface area contributed by atoms with Crippen LogP contribution in [-0.4, -0.2) is 46.5 Å². The Kier molecular flexibility index (Phi) is 4.43. The lowest BCUT2D eigenvalue weighted by atomic mass is 9.77. The molecule has 1 N–H and O–H groups in total. The summed E-state index contributed by atoms with van der Waals surface area (Å²) in [5, 5.41) is 2.98. The van der Waals surface area contributed by atoms with Crippen LogP contribution in [0.25, 0.3) is 0 Å². The van der Waals surface area contributed by atoms with Crippen LogP contribution in [0.15, 0.2) is 67.0 Å². The first kappa shape index (κ1) is 18.1. The van der Waals surface area contributed by atoms with Gasteiger partial charge >= 0.3 is 0 Å². The molecule has 148 valence electrons. The maximum absolute atomic E-state index is 13.2. The number of carbonyl (C=O) groups is 2. The summed E-state index contributed by atoms with van der Waals surface area (Å²) in [6, 6.07) is 13.9. The molecule has 2 fully saturated rings. The van der Waals surface area contributed by atoms with E-state index in [1.807, 2.05) is 47.4 Å². The molecule has 3 aliphatic heterocycles. The van der Waals surface area contributed by atoms with Crippen LogP contribution in [0.1, 0.15) is 11.1 Å². The summed E-state index contributed by atoms with van der Waals surface area (Å²) >= 11 is 0. The molecule has 4 heterocycles. The highest BCUT2D eigenvalue weighted by Gasteiger charge is 2.66. The molecule has 0 saturated carbocycles. The van der Waals surface area contributed by atoms with Gasteiger partial charge in [0, 0.05) is 25.5 Å². The highest BCUT2D eigenvalue weighted by molar-refractivity contribution is 5.93. The smallest absolute Gasteiger partial charge is 0.230 e. The number of nitrogens with one attached hydrogen (secondary N) is 1. The number of hydrogen-bond donors (Lipinski definition) is 1. The number of ether oxygens (including phenoxy) is 1. The number of fused-ring (bicyclic) bond motifs is 1. The number of likely N-dealkylation sites (tertiary alicyclic amines) is 1. The average Bonchev–Trinajstić information content (AvgIpc) is 3.40. The van der Waals surface area contributed by atoms with E-state index in [2.05, 4.69) is 22.4 Å². The predicted octanol–water partition coefficient (Wildman–Crippen LogP) is 1.72. The van der Waals surface area contributed by atoms with Crippen molar-refractivity contribution in [1.82, 2.24) is 15.2 Å². The summed E-state index contributed by atoms with van der Waals surface area (Å²) in [5.74, 6) is -1.01. The van der Waals surface area contributed by atoms with Gasteiger partial charge in [-0.3, -0.25) is 14.6 Å². The lowest BCUT2D eigenvalue weighted by Gasteiger charge is -2.23. The number of pyridine rings is 1. The van der Waals surface area contributed by atoms with Crippen molar-refractivity contribution in [2.24, 2.45) is 11.8 Å². The second-order valence-electron chi connectivity index (χ2n) is 7.97. The van der Waals surface area contributed by atoms with Gasteiger partial charge in [0.1, 0.15) is 5.60 Å². The van der Waals surface area contributed by atoms with E-state index in [4.69, 9.17) is 4.74 Å². The van der Waals surface area contributed by atoms with Crippen molar-refractivity contribution in [3.05, 3.63) is 78.1 Å². The quantitative estimate of drug-likeness (QED) is 0.764. The zero-order chi connectivity index (χ0) is 19.8. The molecule has 5 rings (SSSR count). The van der Waals surface area contributed by atoms with E-state index in [0.29, 0.717) is 19.6 Å². The van der Waals surface area contributed by atoms with Crippen LogP contribution in [0.5, 0.6) is 0 Å². The minimum Gasteiger partial charge on any atom is -0.360 e. The maximum Gasteiger partial charge on any atom is 0.230 e. The van der Waals surface area contributed by atoms with Gasteiger partial charge in [-0.15, -0.1) is 0 Å². The minimum absolute atomic E-state index is 0.0249. The van der Waals surface area contributed by atoms with Crippen LogP contribution in [0.2, 0.25) is 0 Å². The van der Waals surface area contributed by atoms with Gasteiger partial charge < -0.3 is 15.0 Å². The molecule has 0 aliphatic carbocycles. The third-order valence-corrected chi connectivity index (χ3v) is 6.21. The Bertz CT molecular complexity index is 946. The molecule has 6 nitrogen and oxygen atoms in total. The third kappa shape index (κ3) is 3.13. The van der Waals surface area contributed by atoms with Crippen LogP contribution in [0, 0.1) is 11.8 Å². The molecule has 2 aromatic rings. The molecule has 0 radical (unpaired) electrons. The van der Waals surface area contributed by atoms with E-state index in [9.17, 15) is 9.59 Å². The highest BCUT2D eigenvalue weighted by atomic mass is 16.5. The molecule has 2 amide bonds. The molecule has 3 aliphatic rings. The molecular formula is C23H23N3O3. The Morgan fingerprint density at radius 3 is 2.76 bits per heavy atom. The summed E-state index contributed by atoms with van der Waals surface area (Å²) in [6.45, 7) is 1.57. The van der Waals surface area contributed by atoms with E-state index < -0.39 is 17.4 Å². The second-order valence-corrected chi connectivity index (χ2v) is 7.97. The van der Waals surface area contributed by atoms with E-state index in [1.54, 1.807) is 12.4 Å². The fraction of sp³-hybridized carbons (Fsp3) is 0.348. The summed E-state index contributed by atoms with van der Waals surface area (Å²) in [6.07, 6.45) is 7.81. The number of nitrogens with zero attached hydrogens (tertiary/aromatic N) is 2. The molecule has 1 aromatic carbocycles. The summed E-state index contributed by atoms with van der Waals surface area (Å²) in [4.78, 5) is 32.0. The van der Waals surface area contributed by atoms with Crippen molar-refractivity contribution in [2.75, 3.05) is 13.1 Å². The zero-order valence-corrected chi connectivity index (χ0v) is 16.0. The molecule has 6 heteroatoms. The lowest BCUT2D eigenvalue weighted by Crippen LogP contribution is -2.44. The number of aromatic nitrogens is 1. The number of carbonyl (C=O) groups excluding carboxylic acids is 2. The van der Waals surface area contributed by atoms with Crippen molar-refractivity contribution in [3.8, 4) is 0 Å². The normalized spacial score (nSPS) is 29.3. The Morgan fingerprint density at radius 1 is 1.17 bits per heavy atom. The first-order chi connectivity index (χ1) is 14.2. The molecule has 4 atom stereocenters. The summed E-state index contributed by atoms with van der Waals surface area (Å²) < 4.78 is 6.18. The highest BCUT2D eigenvalue weighted by Crippen LogP contribution is 2.51. The first-order valence-electron chi connectivity index (χ1n) is 10.0. The van der Waals surface area contributed by atoms with E-state index in [-0.39, 0.29) is 17.9 Å². The van der Waals surface area contributed by atoms with Crippen molar-refractivity contribution in [2.45, 2.75) is 24.7 Å². The lowest BCUT2D eigenvalue weighted by molar-refractivity contribution is -0.137. The standard InChI is InChI=1S/C23H23N3O3/c27-21(25-14-17-7-11-24-12-8-17)19-18-6-10-23(29-18)15-26(22(28)20(19)23)13-9-16-4-2-1-3-5-16/h1-8,10-12,18-20H,9,13-15H2,(H,25,27)/t18-,19?,20?,23?/m1/s1. The van der Waals surface area contributed by atoms with E-state index >= 15 is 0 Å². The number of hydrogen-bond acceptors (Lipinski definition) is 4. The van der Waals surface area contributed by atoms with Crippen molar-refractivity contribution in [3.63, 3.8) is 0 Å². The van der Waals surface area contributed by atoms with Gasteiger partial charge in [-0.1, -0.05) is 42.5 Å². The SMILES string of the molecule is O=C(NCc1ccncc1)C1C2C(=O)N(CCc3ccccc3)CC23C=C[C@H]1O3. The Labute approximate surface area is 169 Å². The third-order valence-electron chi connectivity index (χ3n) is 6.21. The van der Waals surface area contributed by atoms with E-state index in [0.717, 1.165) is 12.0 Å². The van der Waals surface area contributed by atoms with Crippen LogP contribution in [0.3, 0.4) is 0 Å². The predicted molar refractivity (Wildman–Crippen MR) is 107 cm³/mol. The minimum atomic E-state index is -0.656. The van der Waals surface area contributed by atoms with Gasteiger partial charge in [0.15, 0.2) is 0 Å². The second kappa shape index (κ2) is 7.12. The van der Waals surface area contributed by atoms with E-state index in [1.165, 1.54) is 5.56 Å². The van der Waals surface area contributed by atoms with Gasteiger partial charge in [0.2, 0.25) is 11.8 Å². The topological polar surface area (TPSA) is 71.5 Å². The van der Waals surface area contributed by atoms with Gasteiger partial charge in [0.05, 0.1) is 24.5 Å². The zero-order valence-electron chi connectivity index (χ0n) is 16.0. The molecule has 3 unspecified atom stereocenters. The summed E-state index contributed by atoms with van der Waals surface area (Å²) in [5.41, 5.74) is 1.52. The summed E-state index contributed by atoms with van der Waals surface area (Å²) in [7, 11) is 0. The Hall–Kier alpha value is -2.99. The first-order valence-corrected chi connectivity index (χ1v) is 10.0. The Balaban J connectivity index is 1.28. The molecule has 1 spiro atoms. The van der Waals surface area contributed by atoms with Gasteiger partial charge in [0.25, 0.3) is 0 Å². The number of benzene rings is 1. The number of amides is 2. The van der Waals surface area contributed by atoms with Crippen molar-refractivity contribution < 1.29 is 14.3 Å². The maximum atomic E-state index is 13.2. The van der Waals surface area contributed by atoms with Crippen LogP contribution >= 0.6 is 0 Å². The Morgan fingerprint density at radius 2 is 1.97 bits per heavy atom. The van der Waals surface area contributed by atoms with Gasteiger partial charge in [-0.05, 0) is 29.7 Å². The molecule has 2 saturated heterocycles. The van der Waals surface area contributed by atoms with Crippen LogP contribution in [-0.2, 0) is 27.3 Å². The molecule has 1 aromatic heterocycles. The van der Waals surface area contributed by atoms with Crippen molar-refractivity contribution >= 4 is 11.8 Å². The number of rotatable bonds is 6. The van der Waals surface area contributed by atoms with Crippen LogP contribution in [0.4, 0.5) is 0 Å². The molecule has 2 bridgehead atoms. The van der Waals surface area contributed by atoms with Crippen molar-refractivity contribution in [1.29, 1.82) is 0 Å². The van der Waals surface area contributed by atoms with Crippen LogP contribution < -0.4 is 5.32 Å². The fourth-order valence-electron chi connectivity index (χ4n) is 4.78. The fourth-order valence-corrected chi connectivity index (χ4v) is 4.78. The largest absolute Gasteiger partial charge is 0.360 e.